The fraction of sp³-hybridized carbons (Fsp3) is 0.429. The van der Waals surface area contributed by atoms with Gasteiger partial charge < -0.3 is 15.4 Å². The van der Waals surface area contributed by atoms with E-state index in [1.54, 1.807) is 24.3 Å². The number of amides is 1. The van der Waals surface area contributed by atoms with Crippen molar-refractivity contribution < 1.29 is 14.3 Å². The smallest absolute Gasteiger partial charge is 0.338 e. The van der Waals surface area contributed by atoms with E-state index in [-0.39, 0.29) is 18.4 Å². The van der Waals surface area contributed by atoms with Gasteiger partial charge in [0.25, 0.3) is 0 Å². The van der Waals surface area contributed by atoms with Crippen molar-refractivity contribution in [3.05, 3.63) is 29.8 Å². The Hall–Kier alpha value is -2.04. The van der Waals surface area contributed by atoms with Gasteiger partial charge in [-0.25, -0.2) is 4.79 Å². The molecule has 1 aromatic carbocycles. The highest BCUT2D eigenvalue weighted by atomic mass is 16.5. The number of likely N-dealkylation sites (N-methyl/N-ethyl adjacent to an activating group) is 1. The standard InChI is InChI=1S/C14H20N2O3/c1-3-9-19-14(18)11-5-7-12(8-6-11)16-10-13(17)15-4-2/h5-8,16H,3-4,9-10H2,1-2H3,(H,15,17). The molecule has 1 rings (SSSR count). The first kappa shape index (κ1) is 15.0. The van der Waals surface area contributed by atoms with Crippen LogP contribution in [-0.4, -0.2) is 31.6 Å². The molecule has 0 radical (unpaired) electrons. The number of carbonyl (C=O) groups is 2. The minimum atomic E-state index is -0.322. The van der Waals surface area contributed by atoms with Crippen molar-refractivity contribution in [1.29, 1.82) is 0 Å². The molecule has 0 aromatic heterocycles. The number of benzene rings is 1. The first-order valence-corrected chi connectivity index (χ1v) is 6.45. The Morgan fingerprint density at radius 3 is 2.42 bits per heavy atom. The minimum Gasteiger partial charge on any atom is -0.462 e. The Balaban J connectivity index is 2.47. The molecule has 5 heteroatoms. The molecule has 0 bridgehead atoms. The number of hydrogen-bond donors (Lipinski definition) is 2. The molecule has 0 spiro atoms. The van der Waals surface area contributed by atoms with Crippen LogP contribution in [-0.2, 0) is 9.53 Å². The molecule has 0 aliphatic carbocycles. The van der Waals surface area contributed by atoms with Gasteiger partial charge in [0.15, 0.2) is 0 Å². The van der Waals surface area contributed by atoms with Crippen LogP contribution in [0.3, 0.4) is 0 Å². The van der Waals surface area contributed by atoms with Gasteiger partial charge in [0.05, 0.1) is 18.7 Å². The molecule has 104 valence electrons. The second-order valence-corrected chi connectivity index (χ2v) is 4.02. The number of rotatable bonds is 7. The second-order valence-electron chi connectivity index (χ2n) is 4.02. The lowest BCUT2D eigenvalue weighted by Crippen LogP contribution is -2.29. The summed E-state index contributed by atoms with van der Waals surface area (Å²) in [6, 6.07) is 6.86. The van der Waals surface area contributed by atoms with Crippen LogP contribution in [0.5, 0.6) is 0 Å². The molecular weight excluding hydrogens is 244 g/mol. The molecular formula is C14H20N2O3. The maximum absolute atomic E-state index is 11.6. The summed E-state index contributed by atoms with van der Waals surface area (Å²) in [4.78, 5) is 22.8. The van der Waals surface area contributed by atoms with Crippen molar-refractivity contribution >= 4 is 17.6 Å². The molecule has 2 N–H and O–H groups in total. The Labute approximate surface area is 113 Å². The van der Waals surface area contributed by atoms with E-state index in [0.29, 0.717) is 18.7 Å². The molecule has 0 saturated heterocycles. The third-order valence-electron chi connectivity index (χ3n) is 2.38. The van der Waals surface area contributed by atoms with Gasteiger partial charge in [0, 0.05) is 12.2 Å². The topological polar surface area (TPSA) is 67.4 Å². The van der Waals surface area contributed by atoms with Gasteiger partial charge in [-0.15, -0.1) is 0 Å². The van der Waals surface area contributed by atoms with Crippen molar-refractivity contribution in [2.75, 3.05) is 25.0 Å². The molecule has 5 nitrogen and oxygen atoms in total. The number of ether oxygens (including phenoxy) is 1. The van der Waals surface area contributed by atoms with Crippen LogP contribution in [0.2, 0.25) is 0 Å². The number of anilines is 1. The summed E-state index contributed by atoms with van der Waals surface area (Å²) in [6.45, 7) is 5.07. The van der Waals surface area contributed by atoms with Gasteiger partial charge in [-0.05, 0) is 37.6 Å². The molecule has 0 atom stereocenters. The lowest BCUT2D eigenvalue weighted by molar-refractivity contribution is -0.119. The first-order valence-electron chi connectivity index (χ1n) is 6.45. The van der Waals surface area contributed by atoms with Gasteiger partial charge in [-0.3, -0.25) is 4.79 Å². The molecule has 0 aliphatic rings. The van der Waals surface area contributed by atoms with E-state index in [1.807, 2.05) is 13.8 Å². The zero-order valence-electron chi connectivity index (χ0n) is 11.4. The normalized spacial score (nSPS) is 9.79. The Morgan fingerprint density at radius 1 is 1.16 bits per heavy atom. The van der Waals surface area contributed by atoms with Gasteiger partial charge >= 0.3 is 5.97 Å². The van der Waals surface area contributed by atoms with E-state index < -0.39 is 0 Å². The van der Waals surface area contributed by atoms with E-state index in [1.165, 1.54) is 0 Å². The van der Waals surface area contributed by atoms with Crippen LogP contribution < -0.4 is 10.6 Å². The molecule has 0 saturated carbocycles. The Morgan fingerprint density at radius 2 is 1.84 bits per heavy atom. The lowest BCUT2D eigenvalue weighted by Gasteiger charge is -2.07. The van der Waals surface area contributed by atoms with Crippen molar-refractivity contribution in [2.45, 2.75) is 20.3 Å². The van der Waals surface area contributed by atoms with Gasteiger partial charge in [-0.2, -0.15) is 0 Å². The number of esters is 1. The van der Waals surface area contributed by atoms with Crippen molar-refractivity contribution in [3.8, 4) is 0 Å². The summed E-state index contributed by atoms with van der Waals surface area (Å²) in [5.74, 6) is -0.383. The predicted molar refractivity (Wildman–Crippen MR) is 74.2 cm³/mol. The Kier molecular flexibility index (Phi) is 6.43. The molecule has 0 heterocycles. The third-order valence-corrected chi connectivity index (χ3v) is 2.38. The van der Waals surface area contributed by atoms with E-state index in [9.17, 15) is 9.59 Å². The first-order chi connectivity index (χ1) is 9.17. The second kappa shape index (κ2) is 8.13. The van der Waals surface area contributed by atoms with Crippen LogP contribution in [0, 0.1) is 0 Å². The van der Waals surface area contributed by atoms with E-state index in [0.717, 1.165) is 12.1 Å². The van der Waals surface area contributed by atoms with Crippen molar-refractivity contribution in [3.63, 3.8) is 0 Å². The highest BCUT2D eigenvalue weighted by molar-refractivity contribution is 5.90. The summed E-state index contributed by atoms with van der Waals surface area (Å²) in [7, 11) is 0. The highest BCUT2D eigenvalue weighted by Crippen LogP contribution is 2.10. The van der Waals surface area contributed by atoms with E-state index in [4.69, 9.17) is 4.74 Å². The van der Waals surface area contributed by atoms with Crippen LogP contribution in [0.25, 0.3) is 0 Å². The summed E-state index contributed by atoms with van der Waals surface area (Å²) in [6.07, 6.45) is 0.803. The van der Waals surface area contributed by atoms with Crippen molar-refractivity contribution in [1.82, 2.24) is 5.32 Å². The third kappa shape index (κ3) is 5.42. The molecule has 1 aromatic rings. The number of nitrogens with one attached hydrogen (secondary N) is 2. The maximum Gasteiger partial charge on any atom is 0.338 e. The van der Waals surface area contributed by atoms with Gasteiger partial charge in [0.2, 0.25) is 5.91 Å². The summed E-state index contributed by atoms with van der Waals surface area (Å²) in [5, 5.41) is 5.67. The molecule has 1 amide bonds. The Bertz CT molecular complexity index is 415. The molecule has 0 unspecified atom stereocenters. The monoisotopic (exact) mass is 264 g/mol. The number of hydrogen-bond acceptors (Lipinski definition) is 4. The number of carbonyl (C=O) groups excluding carboxylic acids is 2. The lowest BCUT2D eigenvalue weighted by atomic mass is 10.2. The fourth-order valence-electron chi connectivity index (χ4n) is 1.44. The average Bonchev–Trinajstić information content (AvgIpc) is 2.43. The van der Waals surface area contributed by atoms with E-state index in [2.05, 4.69) is 10.6 Å². The van der Waals surface area contributed by atoms with Crippen LogP contribution in [0.15, 0.2) is 24.3 Å². The van der Waals surface area contributed by atoms with Gasteiger partial charge in [-0.1, -0.05) is 6.92 Å². The summed E-state index contributed by atoms with van der Waals surface area (Å²) < 4.78 is 5.02. The quantitative estimate of drug-likeness (QED) is 0.737. The summed E-state index contributed by atoms with van der Waals surface area (Å²) in [5.41, 5.74) is 1.30. The SMILES string of the molecule is CCCOC(=O)c1ccc(NCC(=O)NCC)cc1. The predicted octanol–water partition coefficient (Wildman–Crippen LogP) is 1.80. The van der Waals surface area contributed by atoms with E-state index >= 15 is 0 Å². The molecule has 0 aliphatic heterocycles. The maximum atomic E-state index is 11.6. The largest absolute Gasteiger partial charge is 0.462 e. The average molecular weight is 264 g/mol. The van der Waals surface area contributed by atoms with Gasteiger partial charge in [0.1, 0.15) is 0 Å². The zero-order valence-corrected chi connectivity index (χ0v) is 11.4. The molecule has 19 heavy (non-hydrogen) atoms. The summed E-state index contributed by atoms with van der Waals surface area (Å²) >= 11 is 0. The highest BCUT2D eigenvalue weighted by Gasteiger charge is 2.06. The van der Waals surface area contributed by atoms with Crippen LogP contribution in [0.4, 0.5) is 5.69 Å². The fourth-order valence-corrected chi connectivity index (χ4v) is 1.44. The van der Waals surface area contributed by atoms with Crippen LogP contribution >= 0.6 is 0 Å². The minimum absolute atomic E-state index is 0.0612. The molecule has 0 fully saturated rings. The zero-order chi connectivity index (χ0) is 14.1. The van der Waals surface area contributed by atoms with Crippen molar-refractivity contribution in [2.24, 2.45) is 0 Å². The van der Waals surface area contributed by atoms with Crippen LogP contribution in [0.1, 0.15) is 30.6 Å².